The third-order valence-corrected chi connectivity index (χ3v) is 6.39. The summed E-state index contributed by atoms with van der Waals surface area (Å²) in [6.45, 7) is 4.68. The summed E-state index contributed by atoms with van der Waals surface area (Å²) in [5.74, 6) is 3.68. The van der Waals surface area contributed by atoms with Gasteiger partial charge in [-0.05, 0) is 55.3 Å². The lowest BCUT2D eigenvalue weighted by atomic mass is 10.1. The molecule has 0 spiro atoms. The fourth-order valence-electron chi connectivity index (χ4n) is 4.46. The zero-order chi connectivity index (χ0) is 25.1. The number of methoxy groups -OCH3 is 2. The summed E-state index contributed by atoms with van der Waals surface area (Å²) in [7, 11) is 3.25. The Bertz CT molecular complexity index is 1310. The first-order valence-corrected chi connectivity index (χ1v) is 12.0. The Morgan fingerprint density at radius 1 is 0.917 bits per heavy atom. The van der Waals surface area contributed by atoms with Crippen LogP contribution in [0.2, 0.25) is 0 Å². The second kappa shape index (κ2) is 10.2. The van der Waals surface area contributed by atoms with Gasteiger partial charge in [-0.15, -0.1) is 0 Å². The highest BCUT2D eigenvalue weighted by molar-refractivity contribution is 6.04. The van der Waals surface area contributed by atoms with E-state index in [9.17, 15) is 4.79 Å². The van der Waals surface area contributed by atoms with Crippen LogP contribution in [-0.4, -0.2) is 62.1 Å². The number of carbonyl (C=O) groups is 1. The van der Waals surface area contributed by atoms with E-state index in [1.165, 1.54) is 0 Å². The zero-order valence-electron chi connectivity index (χ0n) is 20.8. The van der Waals surface area contributed by atoms with Crippen molar-refractivity contribution in [3.8, 4) is 23.0 Å². The third-order valence-electron chi connectivity index (χ3n) is 6.39. The summed E-state index contributed by atoms with van der Waals surface area (Å²) < 4.78 is 17.0. The number of anilines is 1. The Hall–Kier alpha value is -4.20. The molecule has 2 heterocycles. The van der Waals surface area contributed by atoms with Gasteiger partial charge in [-0.2, -0.15) is 0 Å². The maximum absolute atomic E-state index is 13.0. The molecule has 0 aromatic heterocycles. The van der Waals surface area contributed by atoms with Crippen molar-refractivity contribution in [2.75, 3.05) is 45.7 Å². The van der Waals surface area contributed by atoms with Gasteiger partial charge in [0.15, 0.2) is 5.75 Å². The third kappa shape index (κ3) is 4.93. The molecule has 0 bridgehead atoms. The molecule has 0 unspecified atom stereocenters. The van der Waals surface area contributed by atoms with Crippen LogP contribution in [0.15, 0.2) is 65.7 Å². The van der Waals surface area contributed by atoms with E-state index in [2.05, 4.69) is 10.2 Å². The van der Waals surface area contributed by atoms with Crippen molar-refractivity contribution in [3.63, 3.8) is 0 Å². The average molecular weight is 487 g/mol. The lowest BCUT2D eigenvalue weighted by Crippen LogP contribution is -2.39. The minimum Gasteiger partial charge on any atom is -0.497 e. The maximum Gasteiger partial charge on any atom is 0.321 e. The molecule has 3 aromatic rings. The number of fused-ring (bicyclic) bond motifs is 2. The minimum absolute atomic E-state index is 0.123. The zero-order valence-corrected chi connectivity index (χ0v) is 20.8. The molecule has 8 heteroatoms. The molecule has 1 fully saturated rings. The lowest BCUT2D eigenvalue weighted by molar-refractivity contribution is 0.214. The number of nitrogens with one attached hydrogen (secondary N) is 1. The van der Waals surface area contributed by atoms with E-state index in [0.29, 0.717) is 42.6 Å². The van der Waals surface area contributed by atoms with Crippen molar-refractivity contribution in [1.82, 2.24) is 9.80 Å². The first-order chi connectivity index (χ1) is 17.5. The number of hydrogen-bond acceptors (Lipinski definition) is 6. The molecule has 0 saturated carbocycles. The van der Waals surface area contributed by atoms with Gasteiger partial charge in [0.05, 0.1) is 19.8 Å². The van der Waals surface area contributed by atoms with E-state index in [0.717, 1.165) is 41.4 Å². The van der Waals surface area contributed by atoms with Gasteiger partial charge in [0.1, 0.15) is 28.8 Å². The molecule has 2 aliphatic rings. The second-order valence-electron chi connectivity index (χ2n) is 8.86. The van der Waals surface area contributed by atoms with Gasteiger partial charge in [-0.3, -0.25) is 0 Å². The number of amides is 2. The van der Waals surface area contributed by atoms with Gasteiger partial charge in [0.25, 0.3) is 0 Å². The van der Waals surface area contributed by atoms with Crippen LogP contribution in [0, 0.1) is 6.92 Å². The number of urea groups is 1. The summed E-state index contributed by atoms with van der Waals surface area (Å²) in [6, 6.07) is 19.1. The highest BCUT2D eigenvalue weighted by Gasteiger charge is 2.26. The van der Waals surface area contributed by atoms with Crippen LogP contribution in [-0.2, 0) is 0 Å². The number of ether oxygens (including phenoxy) is 3. The average Bonchev–Trinajstić information content (AvgIpc) is 3.23. The summed E-state index contributed by atoms with van der Waals surface area (Å²) in [5.41, 5.74) is 3.49. The molecule has 0 aliphatic carbocycles. The van der Waals surface area contributed by atoms with E-state index >= 15 is 0 Å². The number of nitrogens with zero attached hydrogens (tertiary/aromatic N) is 3. The van der Waals surface area contributed by atoms with Crippen LogP contribution in [0.4, 0.5) is 16.2 Å². The quantitative estimate of drug-likeness (QED) is 0.534. The molecule has 1 N–H and O–H groups in total. The number of benzene rings is 3. The number of carbonyl (C=O) groups excluding carboxylic acids is 1. The Balaban J connectivity index is 1.39. The van der Waals surface area contributed by atoms with E-state index in [-0.39, 0.29) is 6.03 Å². The van der Waals surface area contributed by atoms with Crippen LogP contribution in [0.25, 0.3) is 0 Å². The van der Waals surface area contributed by atoms with Gasteiger partial charge in [0.2, 0.25) is 0 Å². The Morgan fingerprint density at radius 3 is 2.58 bits per heavy atom. The smallest absolute Gasteiger partial charge is 0.321 e. The Labute approximate surface area is 211 Å². The minimum atomic E-state index is -0.123. The number of aliphatic imine (C=N–C) groups is 1. The van der Waals surface area contributed by atoms with Crippen molar-refractivity contribution < 1.29 is 19.0 Å². The number of rotatable bonds is 3. The van der Waals surface area contributed by atoms with E-state index in [1.54, 1.807) is 14.2 Å². The summed E-state index contributed by atoms with van der Waals surface area (Å²) in [6.07, 6.45) is 0.817. The van der Waals surface area contributed by atoms with Crippen molar-refractivity contribution in [2.24, 2.45) is 4.99 Å². The van der Waals surface area contributed by atoms with Gasteiger partial charge < -0.3 is 29.3 Å². The van der Waals surface area contributed by atoms with Crippen LogP contribution in [0.5, 0.6) is 23.0 Å². The van der Waals surface area contributed by atoms with Crippen LogP contribution < -0.4 is 19.5 Å². The molecule has 36 heavy (non-hydrogen) atoms. The fourth-order valence-corrected chi connectivity index (χ4v) is 4.46. The van der Waals surface area contributed by atoms with Crippen LogP contribution >= 0.6 is 0 Å². The number of amidine groups is 1. The standard InChI is InChI=1S/C28H30N4O4/c1-19-8-11-24-26(16-19)36-25-18-22(35-3)9-10-23(25)27(30-24)31-12-5-13-32(15-14-31)28(33)29-20-6-4-7-21(17-20)34-2/h4,6-11,16-18H,5,12-15H2,1-3H3,(H,29,33). The van der Waals surface area contributed by atoms with Crippen molar-refractivity contribution >= 4 is 23.2 Å². The molecule has 0 radical (unpaired) electrons. The van der Waals surface area contributed by atoms with Gasteiger partial charge >= 0.3 is 6.03 Å². The van der Waals surface area contributed by atoms with E-state index in [4.69, 9.17) is 19.2 Å². The molecule has 186 valence electrons. The maximum atomic E-state index is 13.0. The molecule has 2 amide bonds. The highest BCUT2D eigenvalue weighted by atomic mass is 16.5. The summed E-state index contributed by atoms with van der Waals surface area (Å²) in [4.78, 5) is 22.1. The van der Waals surface area contributed by atoms with Crippen molar-refractivity contribution in [3.05, 3.63) is 71.8 Å². The number of aryl methyl sites for hydroxylation is 1. The van der Waals surface area contributed by atoms with Crippen molar-refractivity contribution in [1.29, 1.82) is 0 Å². The Morgan fingerprint density at radius 2 is 1.75 bits per heavy atom. The molecule has 5 rings (SSSR count). The topological polar surface area (TPSA) is 75.6 Å². The molecule has 1 saturated heterocycles. The summed E-state index contributed by atoms with van der Waals surface area (Å²) in [5, 5.41) is 2.99. The monoisotopic (exact) mass is 486 g/mol. The van der Waals surface area contributed by atoms with Crippen LogP contribution in [0.3, 0.4) is 0 Å². The first-order valence-electron chi connectivity index (χ1n) is 12.0. The predicted molar refractivity (Wildman–Crippen MR) is 140 cm³/mol. The fraction of sp³-hybridized carbons (Fsp3) is 0.286. The molecular formula is C28H30N4O4. The highest BCUT2D eigenvalue weighted by Crippen LogP contribution is 2.40. The molecule has 8 nitrogen and oxygen atoms in total. The molecular weight excluding hydrogens is 456 g/mol. The second-order valence-corrected chi connectivity index (χ2v) is 8.86. The predicted octanol–water partition coefficient (Wildman–Crippen LogP) is 5.44. The normalized spacial score (nSPS) is 14.9. The van der Waals surface area contributed by atoms with Gasteiger partial charge in [-0.1, -0.05) is 12.1 Å². The van der Waals surface area contributed by atoms with Gasteiger partial charge in [-0.25, -0.2) is 9.79 Å². The van der Waals surface area contributed by atoms with Crippen molar-refractivity contribution in [2.45, 2.75) is 13.3 Å². The number of hydrogen-bond donors (Lipinski definition) is 1. The van der Waals surface area contributed by atoms with Crippen LogP contribution in [0.1, 0.15) is 17.5 Å². The largest absolute Gasteiger partial charge is 0.497 e. The Kier molecular flexibility index (Phi) is 6.66. The SMILES string of the molecule is COc1cccc(NC(=O)N2CCCN(C3=Nc4ccc(C)cc4Oc4cc(OC)ccc43)CC2)c1. The van der Waals surface area contributed by atoms with Gasteiger partial charge in [0, 0.05) is 44.0 Å². The van der Waals surface area contributed by atoms with E-state index < -0.39 is 0 Å². The summed E-state index contributed by atoms with van der Waals surface area (Å²) >= 11 is 0. The van der Waals surface area contributed by atoms with E-state index in [1.807, 2.05) is 72.5 Å². The molecule has 3 aromatic carbocycles. The molecule has 0 atom stereocenters. The molecule has 2 aliphatic heterocycles. The first kappa shape index (κ1) is 23.5. The lowest BCUT2D eigenvalue weighted by Gasteiger charge is -2.25.